The van der Waals surface area contributed by atoms with Gasteiger partial charge in [0.1, 0.15) is 5.83 Å². The first-order chi connectivity index (χ1) is 8.15. The molecule has 0 unspecified atom stereocenters. The highest BCUT2D eigenvalue weighted by Crippen LogP contribution is 2.35. The van der Waals surface area contributed by atoms with Crippen LogP contribution in [0.5, 0.6) is 0 Å². The molecule has 0 radical (unpaired) electrons. The van der Waals surface area contributed by atoms with E-state index in [2.05, 4.69) is 6.58 Å². The quantitative estimate of drug-likeness (QED) is 0.726. The minimum absolute atomic E-state index is 0.276. The number of benzene rings is 2. The summed E-state index contributed by atoms with van der Waals surface area (Å²) >= 11 is 0. The molecule has 0 saturated heterocycles. The Bertz CT molecular complexity index is 465. The van der Waals surface area contributed by atoms with Crippen molar-refractivity contribution in [3.63, 3.8) is 0 Å². The average molecular weight is 242 g/mol. The van der Waals surface area contributed by atoms with Gasteiger partial charge in [-0.25, -0.2) is 4.39 Å². The molecule has 0 aliphatic rings. The van der Waals surface area contributed by atoms with Gasteiger partial charge in [-0.2, -0.15) is 0 Å². The first-order valence-electron chi connectivity index (χ1n) is 5.61. The fourth-order valence-corrected chi connectivity index (χ4v) is 2.69. The van der Waals surface area contributed by atoms with E-state index < -0.39 is 5.04 Å². The van der Waals surface area contributed by atoms with Gasteiger partial charge in [-0.3, -0.25) is 0 Å². The van der Waals surface area contributed by atoms with Gasteiger partial charge in [0.25, 0.3) is 0 Å². The Balaban J connectivity index is 2.59. The lowest BCUT2D eigenvalue weighted by molar-refractivity contribution is 0.553. The van der Waals surface area contributed by atoms with Gasteiger partial charge in [0.2, 0.25) is 0 Å². The zero-order valence-corrected chi connectivity index (χ0v) is 11.9. The molecule has 0 spiro atoms. The van der Waals surface area contributed by atoms with Gasteiger partial charge in [0, 0.05) is 10.2 Å². The summed E-state index contributed by atoms with van der Waals surface area (Å²) in [4.78, 5) is 0. The van der Waals surface area contributed by atoms with Gasteiger partial charge >= 0.3 is 0 Å². The molecule has 0 nitrogen and oxygen atoms in total. The van der Waals surface area contributed by atoms with E-state index in [9.17, 15) is 4.39 Å². The van der Waals surface area contributed by atoms with E-state index in [1.165, 1.54) is 0 Å². The molecule has 17 heavy (non-hydrogen) atoms. The molecule has 0 aliphatic carbocycles. The fourth-order valence-electron chi connectivity index (χ4n) is 2.02. The van der Waals surface area contributed by atoms with Crippen LogP contribution < -0.4 is 0 Å². The lowest BCUT2D eigenvalue weighted by Crippen LogP contribution is -2.28. The van der Waals surface area contributed by atoms with Crippen LogP contribution in [0, 0.1) is 0 Å². The predicted octanol–water partition coefficient (Wildman–Crippen LogP) is 2.78. The van der Waals surface area contributed by atoms with Crippen molar-refractivity contribution in [2.75, 3.05) is 0 Å². The molecule has 0 amide bonds. The van der Waals surface area contributed by atoms with Crippen molar-refractivity contribution in [2.45, 2.75) is 5.04 Å². The van der Waals surface area contributed by atoms with Crippen LogP contribution in [0.3, 0.4) is 0 Å². The predicted molar refractivity (Wildman–Crippen MR) is 73.9 cm³/mol. The Labute approximate surface area is 104 Å². The first-order valence-corrected chi connectivity index (χ1v) is 6.61. The van der Waals surface area contributed by atoms with Crippen molar-refractivity contribution in [3.8, 4) is 0 Å². The van der Waals surface area contributed by atoms with Gasteiger partial charge in [-0.15, -0.1) is 0 Å². The second kappa shape index (κ2) is 4.68. The number of halogens is 1. The van der Waals surface area contributed by atoms with Crippen LogP contribution in [0.4, 0.5) is 4.39 Å². The molecule has 0 aromatic heterocycles. The Morgan fingerprint density at radius 3 is 1.53 bits per heavy atom. The molecule has 0 N–H and O–H groups in total. The van der Waals surface area contributed by atoms with Crippen molar-refractivity contribution in [2.24, 2.45) is 0 Å². The summed E-state index contributed by atoms with van der Waals surface area (Å²) < 4.78 is 14.0. The second-order valence-electron chi connectivity index (χ2n) is 4.26. The van der Waals surface area contributed by atoms with E-state index in [4.69, 9.17) is 0 Å². The average Bonchev–Trinajstić information content (AvgIpc) is 2.39. The van der Waals surface area contributed by atoms with Crippen molar-refractivity contribution in [1.82, 2.24) is 0 Å². The Hall–Kier alpha value is -1.67. The number of hydrogen-bond acceptors (Lipinski definition) is 0. The zero-order valence-electron chi connectivity index (χ0n) is 9.86. The highest BCUT2D eigenvalue weighted by molar-refractivity contribution is 6.20. The van der Waals surface area contributed by atoms with Crippen molar-refractivity contribution in [1.29, 1.82) is 0 Å². The molecule has 86 valence electrons. The SMILES string of the molecule is C=C(F)C([SiH3])(c1ccccc1)c1ccccc1. The largest absolute Gasteiger partial charge is 0.211 e. The van der Waals surface area contributed by atoms with E-state index in [0.29, 0.717) is 10.2 Å². The van der Waals surface area contributed by atoms with E-state index in [1.807, 2.05) is 60.7 Å². The van der Waals surface area contributed by atoms with E-state index in [1.54, 1.807) is 0 Å². The molecule has 0 heterocycles. The van der Waals surface area contributed by atoms with Gasteiger partial charge in [0.05, 0.1) is 5.04 Å². The molecule has 2 heteroatoms. The van der Waals surface area contributed by atoms with Crippen LogP contribution in [0.2, 0.25) is 0 Å². The third-order valence-electron chi connectivity index (χ3n) is 3.24. The van der Waals surface area contributed by atoms with Crippen LogP contribution in [0.15, 0.2) is 73.1 Å². The molecular formula is C15H15FSi. The van der Waals surface area contributed by atoms with Crippen molar-refractivity contribution < 1.29 is 4.39 Å². The zero-order chi connectivity index (χ0) is 12.3. The number of rotatable bonds is 3. The van der Waals surface area contributed by atoms with Crippen LogP contribution in [-0.4, -0.2) is 10.2 Å². The van der Waals surface area contributed by atoms with Crippen LogP contribution >= 0.6 is 0 Å². The molecule has 2 aromatic rings. The monoisotopic (exact) mass is 242 g/mol. The molecular weight excluding hydrogens is 227 g/mol. The maximum atomic E-state index is 14.0. The summed E-state index contributed by atoms with van der Waals surface area (Å²) in [5.74, 6) is -0.276. The summed E-state index contributed by atoms with van der Waals surface area (Å²) in [5, 5.41) is -0.636. The molecule has 0 saturated carbocycles. The third-order valence-corrected chi connectivity index (χ3v) is 4.94. The Morgan fingerprint density at radius 1 is 0.882 bits per heavy atom. The minimum Gasteiger partial charge on any atom is -0.211 e. The van der Waals surface area contributed by atoms with Gasteiger partial charge in [0.15, 0.2) is 0 Å². The molecule has 0 atom stereocenters. The normalized spacial score (nSPS) is 11.4. The lowest BCUT2D eigenvalue weighted by atomic mass is 9.89. The van der Waals surface area contributed by atoms with Gasteiger partial charge in [-0.1, -0.05) is 67.2 Å². The van der Waals surface area contributed by atoms with E-state index >= 15 is 0 Å². The fraction of sp³-hybridized carbons (Fsp3) is 0.0667. The number of hydrogen-bond donors (Lipinski definition) is 0. The molecule has 0 aliphatic heterocycles. The number of allylic oxidation sites excluding steroid dienone is 1. The topological polar surface area (TPSA) is 0 Å². The van der Waals surface area contributed by atoms with Crippen molar-refractivity contribution in [3.05, 3.63) is 84.2 Å². The summed E-state index contributed by atoms with van der Waals surface area (Å²) in [5.41, 5.74) is 1.95. The highest BCUT2D eigenvalue weighted by Gasteiger charge is 2.32. The molecule has 2 rings (SSSR count). The summed E-state index contributed by atoms with van der Waals surface area (Å²) in [6.45, 7) is 3.55. The summed E-state index contributed by atoms with van der Waals surface area (Å²) in [6, 6.07) is 19.5. The van der Waals surface area contributed by atoms with Crippen LogP contribution in [-0.2, 0) is 5.04 Å². The minimum atomic E-state index is -0.636. The van der Waals surface area contributed by atoms with Gasteiger partial charge in [-0.05, 0) is 11.1 Å². The van der Waals surface area contributed by atoms with E-state index in [-0.39, 0.29) is 5.83 Å². The Morgan fingerprint density at radius 2 is 1.24 bits per heavy atom. The van der Waals surface area contributed by atoms with Crippen LogP contribution in [0.25, 0.3) is 0 Å². The first kappa shape index (κ1) is 11.8. The highest BCUT2D eigenvalue weighted by atomic mass is 28.1. The van der Waals surface area contributed by atoms with Crippen molar-refractivity contribution >= 4 is 10.2 Å². The second-order valence-corrected chi connectivity index (χ2v) is 5.76. The lowest BCUT2D eigenvalue weighted by Gasteiger charge is -2.29. The third kappa shape index (κ3) is 2.08. The molecule has 2 aromatic carbocycles. The maximum Gasteiger partial charge on any atom is 0.104 e. The Kier molecular flexibility index (Phi) is 3.25. The molecule has 0 fully saturated rings. The smallest absolute Gasteiger partial charge is 0.104 e. The molecule has 0 bridgehead atoms. The maximum absolute atomic E-state index is 14.0. The standard InChI is InChI=1S/C15H15FSi/c1-12(16)15(17,13-8-4-2-5-9-13)14-10-6-3-7-11-14/h2-11H,1H2,17H3. The van der Waals surface area contributed by atoms with Gasteiger partial charge < -0.3 is 0 Å². The summed E-state index contributed by atoms with van der Waals surface area (Å²) in [7, 11) is 0.653. The van der Waals surface area contributed by atoms with Crippen LogP contribution in [0.1, 0.15) is 11.1 Å². The summed E-state index contributed by atoms with van der Waals surface area (Å²) in [6.07, 6.45) is 0. The van der Waals surface area contributed by atoms with E-state index in [0.717, 1.165) is 11.1 Å².